The second-order valence-electron chi connectivity index (χ2n) is 18.2. The van der Waals surface area contributed by atoms with Gasteiger partial charge in [-0.15, -0.1) is 0 Å². The molecule has 0 aliphatic carbocycles. The van der Waals surface area contributed by atoms with Gasteiger partial charge in [-0.25, -0.2) is 9.18 Å². The van der Waals surface area contributed by atoms with Crippen LogP contribution in [0.5, 0.6) is 5.75 Å². The summed E-state index contributed by atoms with van der Waals surface area (Å²) in [5.41, 5.74) is 3.90. The third-order valence-corrected chi connectivity index (χ3v) is 17.8. The number of benzene rings is 3. The highest BCUT2D eigenvalue weighted by atomic mass is 35.5. The van der Waals surface area contributed by atoms with Crippen molar-refractivity contribution in [2.45, 2.75) is 103 Å². The molecule has 328 valence electrons. The fourth-order valence-electron chi connectivity index (χ4n) is 8.50. The first-order chi connectivity index (χ1) is 28.7. The Morgan fingerprint density at radius 2 is 1.65 bits per heavy atom. The molecule has 1 N–H and O–H groups in total. The van der Waals surface area contributed by atoms with Crippen LogP contribution in [0.25, 0.3) is 0 Å². The maximum absolute atomic E-state index is 14.9. The zero-order chi connectivity index (χ0) is 42.9. The first kappa shape index (κ1) is 45.8. The van der Waals surface area contributed by atoms with Gasteiger partial charge in [-0.3, -0.25) is 9.69 Å². The standard InChI is InChI=1S/C47H67ClFN5O5Si/c1-7-57-43-17-11-16-41(49)40(43)33-52-27-29-53(30-28-52)45(55)44(50-46(56)58-34-35-13-9-8-10-14-35)36-20-24-51(25-21-36)26-22-37-31-38(48)18-19-42(37)54-23-12-15-39(32-54)59-60(5,6)47(2,3)4/h8-11,13-14,16-19,31,36,39,44H,7,12,15,20-30,32-34H2,1-6H3,(H,50,56)/t39-,44-/m1/s1. The Hall–Kier alpha value is -3.68. The lowest BCUT2D eigenvalue weighted by molar-refractivity contribution is -0.137. The second-order valence-corrected chi connectivity index (χ2v) is 23.4. The molecule has 3 aliphatic rings. The van der Waals surface area contributed by atoms with Gasteiger partial charge in [0, 0.05) is 68.6 Å². The Kier molecular flexibility index (Phi) is 16.0. The third kappa shape index (κ3) is 12.2. The van der Waals surface area contributed by atoms with E-state index in [9.17, 15) is 14.0 Å². The van der Waals surface area contributed by atoms with Crippen LogP contribution in [0.1, 0.15) is 70.1 Å². The highest BCUT2D eigenvalue weighted by Gasteiger charge is 2.40. The van der Waals surface area contributed by atoms with Gasteiger partial charge in [0.25, 0.3) is 0 Å². The van der Waals surface area contributed by atoms with E-state index in [4.69, 9.17) is 25.5 Å². The van der Waals surface area contributed by atoms with E-state index in [2.05, 4.69) is 66.0 Å². The van der Waals surface area contributed by atoms with Gasteiger partial charge in [0.05, 0.1) is 12.7 Å². The Balaban J connectivity index is 1.07. The molecule has 0 bridgehead atoms. The van der Waals surface area contributed by atoms with Crippen LogP contribution in [0, 0.1) is 11.7 Å². The summed E-state index contributed by atoms with van der Waals surface area (Å²) in [7, 11) is -1.89. The number of hydrogen-bond donors (Lipinski definition) is 1. The lowest BCUT2D eigenvalue weighted by Crippen LogP contribution is -2.58. The molecule has 3 heterocycles. The molecule has 3 fully saturated rings. The lowest BCUT2D eigenvalue weighted by atomic mass is 9.88. The summed E-state index contributed by atoms with van der Waals surface area (Å²) in [6, 6.07) is 20.0. The van der Waals surface area contributed by atoms with E-state index < -0.39 is 20.5 Å². The molecule has 60 heavy (non-hydrogen) atoms. The van der Waals surface area contributed by atoms with Crippen molar-refractivity contribution in [3.05, 3.63) is 94.3 Å². The summed E-state index contributed by atoms with van der Waals surface area (Å²) in [5.74, 6) is 0.124. The summed E-state index contributed by atoms with van der Waals surface area (Å²) < 4.78 is 33.1. The van der Waals surface area contributed by atoms with Crippen molar-refractivity contribution in [3.63, 3.8) is 0 Å². The van der Waals surface area contributed by atoms with Crippen molar-refractivity contribution < 1.29 is 27.9 Å². The summed E-state index contributed by atoms with van der Waals surface area (Å²) in [6.45, 7) is 21.0. The number of carbonyl (C=O) groups is 2. The minimum absolute atomic E-state index is 0.0452. The molecule has 3 saturated heterocycles. The van der Waals surface area contributed by atoms with Gasteiger partial charge in [-0.05, 0) is 118 Å². The number of carbonyl (C=O) groups excluding carboxylic acids is 2. The average molecular weight is 865 g/mol. The van der Waals surface area contributed by atoms with Crippen molar-refractivity contribution in [1.82, 2.24) is 20.0 Å². The van der Waals surface area contributed by atoms with Gasteiger partial charge in [-0.1, -0.05) is 68.8 Å². The van der Waals surface area contributed by atoms with E-state index in [-0.39, 0.29) is 35.4 Å². The van der Waals surface area contributed by atoms with Crippen molar-refractivity contribution in [2.24, 2.45) is 5.92 Å². The molecule has 3 aromatic rings. The SMILES string of the molecule is CCOc1cccc(F)c1CN1CCN(C(=O)[C@H](NC(=O)OCc2ccccc2)C2CCN(CCc3cc(Cl)ccc3N3CCC[C@@H](O[Si](C)(C)C(C)(C)C)C3)CC2)CC1. The Labute approximate surface area is 363 Å². The minimum Gasteiger partial charge on any atom is -0.493 e. The Bertz CT molecular complexity index is 1870. The van der Waals surface area contributed by atoms with Gasteiger partial charge >= 0.3 is 6.09 Å². The number of ether oxygens (including phenoxy) is 2. The molecule has 13 heteroatoms. The molecule has 0 aromatic heterocycles. The second kappa shape index (κ2) is 20.9. The first-order valence-corrected chi connectivity index (χ1v) is 25.3. The average Bonchev–Trinajstić information content (AvgIpc) is 3.23. The smallest absolute Gasteiger partial charge is 0.408 e. The van der Waals surface area contributed by atoms with Crippen LogP contribution in [-0.2, 0) is 33.5 Å². The number of nitrogens with one attached hydrogen (secondary N) is 1. The van der Waals surface area contributed by atoms with Crippen molar-refractivity contribution in [1.29, 1.82) is 0 Å². The molecule has 3 aromatic carbocycles. The van der Waals surface area contributed by atoms with E-state index in [1.807, 2.05) is 48.2 Å². The van der Waals surface area contributed by atoms with Gasteiger partial charge in [0.2, 0.25) is 5.91 Å². The van der Waals surface area contributed by atoms with E-state index >= 15 is 0 Å². The van der Waals surface area contributed by atoms with Crippen LogP contribution in [0.3, 0.4) is 0 Å². The highest BCUT2D eigenvalue weighted by molar-refractivity contribution is 6.74. The molecule has 10 nitrogen and oxygen atoms in total. The fourth-order valence-corrected chi connectivity index (χ4v) is 10.1. The number of anilines is 1. The van der Waals surface area contributed by atoms with Crippen LogP contribution in [0.2, 0.25) is 23.2 Å². The molecular weight excluding hydrogens is 797 g/mol. The number of rotatable bonds is 15. The zero-order valence-corrected chi connectivity index (χ0v) is 38.4. The third-order valence-electron chi connectivity index (χ3n) is 13.0. The van der Waals surface area contributed by atoms with Gasteiger partial charge in [0.15, 0.2) is 8.32 Å². The van der Waals surface area contributed by atoms with Crippen LogP contribution in [0.4, 0.5) is 14.9 Å². The van der Waals surface area contributed by atoms with Crippen molar-refractivity contribution in [2.75, 3.05) is 70.4 Å². The van der Waals surface area contributed by atoms with E-state index in [1.54, 1.807) is 12.1 Å². The number of alkyl carbamates (subject to hydrolysis) is 1. The van der Waals surface area contributed by atoms with Crippen LogP contribution < -0.4 is 15.0 Å². The van der Waals surface area contributed by atoms with E-state index in [1.165, 1.54) is 17.3 Å². The molecule has 0 radical (unpaired) electrons. The van der Waals surface area contributed by atoms with Gasteiger partial charge < -0.3 is 33.9 Å². The molecule has 0 spiro atoms. The number of halogens is 2. The highest BCUT2D eigenvalue weighted by Crippen LogP contribution is 2.39. The number of piperazine rings is 1. The summed E-state index contributed by atoms with van der Waals surface area (Å²) in [6.07, 6.45) is 4.21. The largest absolute Gasteiger partial charge is 0.493 e. The fraction of sp³-hybridized carbons (Fsp3) is 0.574. The summed E-state index contributed by atoms with van der Waals surface area (Å²) in [4.78, 5) is 36.6. The molecule has 6 rings (SSSR count). The number of hydrogen-bond acceptors (Lipinski definition) is 8. The van der Waals surface area contributed by atoms with Crippen LogP contribution in [-0.4, -0.2) is 113 Å². The molecule has 2 atom stereocenters. The summed E-state index contributed by atoms with van der Waals surface area (Å²) in [5, 5.41) is 3.91. The van der Waals surface area contributed by atoms with Gasteiger partial charge in [-0.2, -0.15) is 0 Å². The maximum Gasteiger partial charge on any atom is 0.408 e. The number of nitrogens with zero attached hydrogens (tertiary/aromatic N) is 4. The van der Waals surface area contributed by atoms with Crippen LogP contribution >= 0.6 is 11.6 Å². The molecular formula is C47H67ClFN5O5Si. The normalized spacial score (nSPS) is 19.2. The monoisotopic (exact) mass is 863 g/mol. The first-order valence-electron chi connectivity index (χ1n) is 22.0. The predicted octanol–water partition coefficient (Wildman–Crippen LogP) is 8.76. The Morgan fingerprint density at radius 3 is 2.35 bits per heavy atom. The molecule has 2 amide bonds. The van der Waals surface area contributed by atoms with E-state index in [0.29, 0.717) is 50.6 Å². The lowest BCUT2D eigenvalue weighted by Gasteiger charge is -2.43. The Morgan fingerprint density at radius 1 is 0.917 bits per heavy atom. The maximum atomic E-state index is 14.9. The molecule has 0 unspecified atom stereocenters. The topological polar surface area (TPSA) is 86.8 Å². The van der Waals surface area contributed by atoms with Crippen molar-refractivity contribution >= 4 is 37.6 Å². The van der Waals surface area contributed by atoms with Gasteiger partial charge in [0.1, 0.15) is 24.2 Å². The number of likely N-dealkylation sites (tertiary alicyclic amines) is 1. The molecule has 0 saturated carbocycles. The van der Waals surface area contributed by atoms with Crippen molar-refractivity contribution in [3.8, 4) is 5.75 Å². The van der Waals surface area contributed by atoms with E-state index in [0.717, 1.165) is 75.4 Å². The predicted molar refractivity (Wildman–Crippen MR) is 241 cm³/mol. The quantitative estimate of drug-likeness (QED) is 0.152. The molecule has 3 aliphatic heterocycles. The number of amides is 2. The zero-order valence-electron chi connectivity index (χ0n) is 36.7. The van der Waals surface area contributed by atoms with Crippen LogP contribution in [0.15, 0.2) is 66.7 Å². The minimum atomic E-state index is -1.89. The number of piperidine rings is 2. The summed E-state index contributed by atoms with van der Waals surface area (Å²) >= 11 is 6.60.